The first-order valence-corrected chi connectivity index (χ1v) is 10.2. The highest BCUT2D eigenvalue weighted by Gasteiger charge is 2.22. The lowest BCUT2D eigenvalue weighted by Crippen LogP contribution is -2.41. The van der Waals surface area contributed by atoms with Crippen molar-refractivity contribution in [2.75, 3.05) is 55.9 Å². The molecule has 0 unspecified atom stereocenters. The molecule has 1 aliphatic rings. The fourth-order valence-corrected chi connectivity index (χ4v) is 3.72. The van der Waals surface area contributed by atoms with Crippen LogP contribution in [0.1, 0.15) is 12.8 Å². The highest BCUT2D eigenvalue weighted by molar-refractivity contribution is 7.92. The van der Waals surface area contributed by atoms with Gasteiger partial charge in [-0.15, -0.1) is 0 Å². The monoisotopic (exact) mass is 369 g/mol. The SMILES string of the molecule is CN(C)c1ccc(N(CCNC(=O)C2CCOCC2)S(C)(=O)=O)cc1. The second kappa shape index (κ2) is 8.53. The number of nitrogens with zero attached hydrogens (tertiary/aromatic N) is 2. The van der Waals surface area contributed by atoms with Crippen LogP contribution in [-0.2, 0) is 19.6 Å². The molecular formula is C17H27N3O4S. The Balaban J connectivity index is 1.97. The van der Waals surface area contributed by atoms with E-state index in [9.17, 15) is 13.2 Å². The van der Waals surface area contributed by atoms with E-state index in [0.29, 0.717) is 31.7 Å². The number of ether oxygens (including phenoxy) is 1. The summed E-state index contributed by atoms with van der Waals surface area (Å²) in [6, 6.07) is 7.29. The smallest absolute Gasteiger partial charge is 0.232 e. The predicted octanol–water partition coefficient (Wildman–Crippen LogP) is 1.06. The van der Waals surface area contributed by atoms with Gasteiger partial charge in [-0.2, -0.15) is 0 Å². The Kier molecular flexibility index (Phi) is 6.66. The Hall–Kier alpha value is -1.80. The number of carbonyl (C=O) groups is 1. The van der Waals surface area contributed by atoms with Crippen molar-refractivity contribution < 1.29 is 17.9 Å². The molecule has 1 heterocycles. The number of carbonyl (C=O) groups excluding carboxylic acids is 1. The van der Waals surface area contributed by atoms with Crippen LogP contribution in [-0.4, -0.2) is 61.0 Å². The molecule has 1 aliphatic heterocycles. The van der Waals surface area contributed by atoms with Crippen LogP contribution < -0.4 is 14.5 Å². The third kappa shape index (κ3) is 5.61. The lowest BCUT2D eigenvalue weighted by Gasteiger charge is -2.25. The Morgan fingerprint density at radius 2 is 1.72 bits per heavy atom. The van der Waals surface area contributed by atoms with Gasteiger partial charge in [0.25, 0.3) is 0 Å². The molecule has 1 amide bonds. The maximum atomic E-state index is 12.1. The summed E-state index contributed by atoms with van der Waals surface area (Å²) >= 11 is 0. The molecule has 8 heteroatoms. The van der Waals surface area contributed by atoms with Crippen molar-refractivity contribution in [2.24, 2.45) is 5.92 Å². The van der Waals surface area contributed by atoms with Gasteiger partial charge in [-0.3, -0.25) is 9.10 Å². The van der Waals surface area contributed by atoms with E-state index in [1.807, 2.05) is 31.1 Å². The minimum absolute atomic E-state index is 0.0280. The van der Waals surface area contributed by atoms with Crippen LogP contribution in [0.3, 0.4) is 0 Å². The van der Waals surface area contributed by atoms with Crippen molar-refractivity contribution in [3.63, 3.8) is 0 Å². The van der Waals surface area contributed by atoms with E-state index < -0.39 is 10.0 Å². The fraction of sp³-hybridized carbons (Fsp3) is 0.588. The van der Waals surface area contributed by atoms with Gasteiger partial charge in [0.2, 0.25) is 15.9 Å². The zero-order valence-corrected chi connectivity index (χ0v) is 15.9. The number of hydrogen-bond acceptors (Lipinski definition) is 5. The maximum Gasteiger partial charge on any atom is 0.232 e. The molecule has 0 spiro atoms. The van der Waals surface area contributed by atoms with E-state index >= 15 is 0 Å². The Morgan fingerprint density at radius 3 is 2.24 bits per heavy atom. The van der Waals surface area contributed by atoms with Crippen LogP contribution in [0.5, 0.6) is 0 Å². The van der Waals surface area contributed by atoms with Crippen LogP contribution in [0.15, 0.2) is 24.3 Å². The molecule has 0 saturated carbocycles. The van der Waals surface area contributed by atoms with Crippen LogP contribution in [0.25, 0.3) is 0 Å². The molecule has 1 saturated heterocycles. The Labute approximate surface area is 150 Å². The van der Waals surface area contributed by atoms with Gasteiger partial charge in [0.15, 0.2) is 0 Å². The second-order valence-electron chi connectivity index (χ2n) is 6.42. The standard InChI is InChI=1S/C17H27N3O4S/c1-19(2)15-4-6-16(7-5-15)20(25(3,22)23)11-10-18-17(21)14-8-12-24-13-9-14/h4-7,14H,8-13H2,1-3H3,(H,18,21). The Bertz CT molecular complexity index is 668. The number of sulfonamides is 1. The number of rotatable bonds is 7. The summed E-state index contributed by atoms with van der Waals surface area (Å²) in [4.78, 5) is 14.1. The summed E-state index contributed by atoms with van der Waals surface area (Å²) in [6.07, 6.45) is 2.61. The number of amides is 1. The summed E-state index contributed by atoms with van der Waals surface area (Å²) in [5, 5.41) is 2.85. The number of nitrogens with one attached hydrogen (secondary N) is 1. The zero-order chi connectivity index (χ0) is 18.4. The van der Waals surface area contributed by atoms with Gasteiger partial charge in [-0.25, -0.2) is 8.42 Å². The number of anilines is 2. The van der Waals surface area contributed by atoms with Crippen LogP contribution in [0.4, 0.5) is 11.4 Å². The molecular weight excluding hydrogens is 342 g/mol. The molecule has 0 radical (unpaired) electrons. The summed E-state index contributed by atoms with van der Waals surface area (Å²) in [5.74, 6) is -0.0699. The molecule has 0 atom stereocenters. The van der Waals surface area contributed by atoms with Crippen molar-refractivity contribution in [1.82, 2.24) is 5.32 Å². The molecule has 0 aromatic heterocycles. The molecule has 25 heavy (non-hydrogen) atoms. The summed E-state index contributed by atoms with van der Waals surface area (Å²) < 4.78 is 30.8. The number of hydrogen-bond donors (Lipinski definition) is 1. The lowest BCUT2D eigenvalue weighted by atomic mass is 9.99. The van der Waals surface area contributed by atoms with Gasteiger partial charge < -0.3 is 15.0 Å². The quantitative estimate of drug-likeness (QED) is 0.778. The highest BCUT2D eigenvalue weighted by Crippen LogP contribution is 2.21. The van der Waals surface area contributed by atoms with Crippen LogP contribution >= 0.6 is 0 Å². The minimum Gasteiger partial charge on any atom is -0.381 e. The summed E-state index contributed by atoms with van der Waals surface area (Å²) in [5.41, 5.74) is 1.58. The van der Waals surface area contributed by atoms with Gasteiger partial charge in [-0.1, -0.05) is 0 Å². The maximum absolute atomic E-state index is 12.1. The molecule has 7 nitrogen and oxygen atoms in total. The predicted molar refractivity (Wildman–Crippen MR) is 99.5 cm³/mol. The van der Waals surface area contributed by atoms with Gasteiger partial charge in [0.05, 0.1) is 18.5 Å². The third-order valence-corrected chi connectivity index (χ3v) is 5.45. The summed E-state index contributed by atoms with van der Waals surface area (Å²) in [7, 11) is 0.426. The molecule has 1 fully saturated rings. The third-order valence-electron chi connectivity index (χ3n) is 4.26. The first-order chi connectivity index (χ1) is 11.8. The van der Waals surface area contributed by atoms with E-state index in [1.165, 1.54) is 10.6 Å². The van der Waals surface area contributed by atoms with Crippen molar-refractivity contribution in [3.05, 3.63) is 24.3 Å². The molecule has 140 valence electrons. The van der Waals surface area contributed by atoms with Crippen molar-refractivity contribution >= 4 is 27.3 Å². The van der Waals surface area contributed by atoms with E-state index in [2.05, 4.69) is 5.32 Å². The molecule has 1 N–H and O–H groups in total. The fourth-order valence-electron chi connectivity index (χ4n) is 2.79. The van der Waals surface area contributed by atoms with Crippen molar-refractivity contribution in [3.8, 4) is 0 Å². The first kappa shape index (κ1) is 19.5. The molecule has 1 aromatic carbocycles. The largest absolute Gasteiger partial charge is 0.381 e. The van der Waals surface area contributed by atoms with Crippen LogP contribution in [0, 0.1) is 5.92 Å². The topological polar surface area (TPSA) is 79.0 Å². The molecule has 0 bridgehead atoms. The number of benzene rings is 1. The van der Waals surface area contributed by atoms with Gasteiger partial charge >= 0.3 is 0 Å². The zero-order valence-electron chi connectivity index (χ0n) is 15.1. The van der Waals surface area contributed by atoms with Gasteiger partial charge in [0, 0.05) is 45.5 Å². The average molecular weight is 369 g/mol. The van der Waals surface area contributed by atoms with E-state index in [1.54, 1.807) is 12.1 Å². The lowest BCUT2D eigenvalue weighted by molar-refractivity contribution is -0.127. The van der Waals surface area contributed by atoms with E-state index in [0.717, 1.165) is 5.69 Å². The van der Waals surface area contributed by atoms with E-state index in [-0.39, 0.29) is 24.9 Å². The van der Waals surface area contributed by atoms with Crippen molar-refractivity contribution in [1.29, 1.82) is 0 Å². The second-order valence-corrected chi connectivity index (χ2v) is 8.33. The van der Waals surface area contributed by atoms with Crippen LogP contribution in [0.2, 0.25) is 0 Å². The molecule has 2 rings (SSSR count). The van der Waals surface area contributed by atoms with Gasteiger partial charge in [0.1, 0.15) is 0 Å². The molecule has 1 aromatic rings. The first-order valence-electron chi connectivity index (χ1n) is 8.39. The highest BCUT2D eigenvalue weighted by atomic mass is 32.2. The van der Waals surface area contributed by atoms with Gasteiger partial charge in [-0.05, 0) is 37.1 Å². The molecule has 0 aliphatic carbocycles. The van der Waals surface area contributed by atoms with E-state index in [4.69, 9.17) is 4.74 Å². The van der Waals surface area contributed by atoms with Crippen molar-refractivity contribution in [2.45, 2.75) is 12.8 Å². The Morgan fingerprint density at radius 1 is 1.16 bits per heavy atom. The minimum atomic E-state index is -3.43. The average Bonchev–Trinajstić information content (AvgIpc) is 2.58. The summed E-state index contributed by atoms with van der Waals surface area (Å²) in [6.45, 7) is 1.69. The normalized spacial score (nSPS) is 15.6.